The smallest absolute Gasteiger partial charge is 0.321 e. The molecule has 0 aliphatic carbocycles. The van der Waals surface area contributed by atoms with E-state index >= 15 is 0 Å². The first-order valence-electron chi connectivity index (χ1n) is 5.24. The molecule has 2 N–H and O–H groups in total. The number of thioether (sulfide) groups is 1. The number of benzene rings is 1. The minimum Gasteiger partial charge on any atom is -0.480 e. The van der Waals surface area contributed by atoms with Gasteiger partial charge in [-0.05, 0) is 5.56 Å². The summed E-state index contributed by atoms with van der Waals surface area (Å²) in [5, 5.41) is 8.45. The highest BCUT2D eigenvalue weighted by atomic mass is 32.2. The lowest BCUT2D eigenvalue weighted by Gasteiger charge is -2.12. The highest BCUT2D eigenvalue weighted by molar-refractivity contribution is 8.00. The van der Waals surface area contributed by atoms with Gasteiger partial charge >= 0.3 is 5.97 Å². The summed E-state index contributed by atoms with van der Waals surface area (Å²) in [6, 6.07) is 8.87. The first kappa shape index (κ1) is 15.0. The van der Waals surface area contributed by atoms with Crippen molar-refractivity contribution < 1.29 is 18.3 Å². The van der Waals surface area contributed by atoms with Gasteiger partial charge < -0.3 is 5.11 Å². The molecule has 1 aromatic carbocycles. The van der Waals surface area contributed by atoms with Gasteiger partial charge in [-0.2, -0.15) is 0 Å². The van der Waals surface area contributed by atoms with E-state index < -0.39 is 21.2 Å². The van der Waals surface area contributed by atoms with Gasteiger partial charge in [0, 0.05) is 12.3 Å². The second-order valence-corrected chi connectivity index (χ2v) is 6.71. The van der Waals surface area contributed by atoms with Crippen LogP contribution in [0.15, 0.2) is 30.3 Å². The van der Waals surface area contributed by atoms with Crippen LogP contribution in [0, 0.1) is 0 Å². The van der Waals surface area contributed by atoms with Gasteiger partial charge in [-0.3, -0.25) is 4.79 Å². The van der Waals surface area contributed by atoms with Crippen molar-refractivity contribution in [3.63, 3.8) is 0 Å². The average Bonchev–Trinajstić information content (AvgIpc) is 2.28. The third-order valence-corrected chi connectivity index (χ3v) is 4.05. The van der Waals surface area contributed by atoms with Gasteiger partial charge in [-0.25, -0.2) is 13.1 Å². The molecule has 1 aromatic rings. The number of rotatable bonds is 7. The van der Waals surface area contributed by atoms with Crippen molar-refractivity contribution in [1.82, 2.24) is 4.72 Å². The Bertz CT molecular complexity index is 487. The van der Waals surface area contributed by atoms with Crippen molar-refractivity contribution in [2.45, 2.75) is 5.25 Å². The van der Waals surface area contributed by atoms with Crippen LogP contribution in [0.25, 0.3) is 0 Å². The zero-order chi connectivity index (χ0) is 13.6. The number of hydrogen-bond donors (Lipinski definition) is 2. The molecule has 0 bridgehead atoms. The number of carboxylic acids is 1. The minimum atomic E-state index is -3.22. The summed E-state index contributed by atoms with van der Waals surface area (Å²) >= 11 is 1.20. The van der Waals surface area contributed by atoms with Gasteiger partial charge in [0.05, 0.1) is 6.26 Å². The number of sulfonamides is 1. The van der Waals surface area contributed by atoms with Crippen molar-refractivity contribution in [2.75, 3.05) is 18.6 Å². The van der Waals surface area contributed by atoms with Gasteiger partial charge in [-0.15, -0.1) is 11.8 Å². The van der Waals surface area contributed by atoms with E-state index in [2.05, 4.69) is 4.72 Å². The average molecular weight is 289 g/mol. The van der Waals surface area contributed by atoms with Crippen LogP contribution < -0.4 is 4.72 Å². The van der Waals surface area contributed by atoms with Gasteiger partial charge in [0.1, 0.15) is 5.25 Å². The van der Waals surface area contributed by atoms with E-state index in [0.717, 1.165) is 6.26 Å². The van der Waals surface area contributed by atoms with Crippen LogP contribution in [-0.2, 0) is 14.8 Å². The number of hydrogen-bond acceptors (Lipinski definition) is 4. The third-order valence-electron chi connectivity index (χ3n) is 2.08. The molecule has 100 valence electrons. The van der Waals surface area contributed by atoms with E-state index in [4.69, 9.17) is 5.11 Å². The van der Waals surface area contributed by atoms with Crippen LogP contribution in [0.4, 0.5) is 0 Å². The van der Waals surface area contributed by atoms with Crippen LogP contribution >= 0.6 is 11.8 Å². The highest BCUT2D eigenvalue weighted by Gasteiger charge is 2.19. The Kier molecular flexibility index (Phi) is 5.64. The van der Waals surface area contributed by atoms with Crippen molar-refractivity contribution in [2.24, 2.45) is 0 Å². The molecular formula is C11H15NO4S2. The lowest BCUT2D eigenvalue weighted by atomic mass is 10.1. The molecule has 0 fully saturated rings. The molecule has 0 spiro atoms. The van der Waals surface area contributed by atoms with Gasteiger partial charge in [0.15, 0.2) is 0 Å². The quantitative estimate of drug-likeness (QED) is 0.734. The Morgan fingerprint density at radius 3 is 2.50 bits per heavy atom. The highest BCUT2D eigenvalue weighted by Crippen LogP contribution is 2.28. The summed E-state index contributed by atoms with van der Waals surface area (Å²) in [6.07, 6.45) is 1.07. The van der Waals surface area contributed by atoms with Crippen molar-refractivity contribution in [3.05, 3.63) is 35.9 Å². The van der Waals surface area contributed by atoms with Crippen LogP contribution in [0.1, 0.15) is 10.8 Å². The second kappa shape index (κ2) is 6.77. The Morgan fingerprint density at radius 2 is 2.00 bits per heavy atom. The lowest BCUT2D eigenvalue weighted by molar-refractivity contribution is -0.136. The molecule has 0 aliphatic heterocycles. The van der Waals surface area contributed by atoms with Crippen LogP contribution in [-0.4, -0.2) is 38.0 Å². The Balaban J connectivity index is 2.53. The molecule has 0 radical (unpaired) electrons. The minimum absolute atomic E-state index is 0.222. The molecule has 5 nitrogen and oxygen atoms in total. The number of aliphatic carboxylic acids is 1. The van der Waals surface area contributed by atoms with Crippen LogP contribution in [0.3, 0.4) is 0 Å². The molecule has 0 saturated carbocycles. The summed E-state index contributed by atoms with van der Waals surface area (Å²) in [6.45, 7) is 0.222. The molecule has 18 heavy (non-hydrogen) atoms. The van der Waals surface area contributed by atoms with Crippen molar-refractivity contribution in [3.8, 4) is 0 Å². The molecule has 1 rings (SSSR count). The van der Waals surface area contributed by atoms with Gasteiger partial charge in [-0.1, -0.05) is 30.3 Å². The Hall–Kier alpha value is -1.05. The van der Waals surface area contributed by atoms with E-state index in [1.165, 1.54) is 11.8 Å². The fraction of sp³-hybridized carbons (Fsp3) is 0.364. The van der Waals surface area contributed by atoms with Gasteiger partial charge in [0.2, 0.25) is 10.0 Å². The molecule has 0 aliphatic rings. The number of carbonyl (C=O) groups is 1. The van der Waals surface area contributed by atoms with E-state index in [9.17, 15) is 13.2 Å². The molecule has 0 saturated heterocycles. The molecule has 0 aromatic heterocycles. The second-order valence-electron chi connectivity index (χ2n) is 3.67. The summed E-state index contributed by atoms with van der Waals surface area (Å²) in [4.78, 5) is 11.1. The largest absolute Gasteiger partial charge is 0.480 e. The topological polar surface area (TPSA) is 83.5 Å². The summed E-state index contributed by atoms with van der Waals surface area (Å²) in [7, 11) is -3.22. The molecule has 0 heterocycles. The maximum Gasteiger partial charge on any atom is 0.321 e. The molecule has 1 unspecified atom stereocenters. The van der Waals surface area contributed by atoms with Crippen molar-refractivity contribution in [1.29, 1.82) is 0 Å². The van der Waals surface area contributed by atoms with Crippen LogP contribution in [0.2, 0.25) is 0 Å². The Labute approximate surface area is 111 Å². The standard InChI is InChI=1S/C11H15NO4S2/c1-18(15,16)12-7-8-17-10(11(13)14)9-5-3-2-4-6-9/h2-6,10,12H,7-8H2,1H3,(H,13,14). The molecule has 7 heteroatoms. The fourth-order valence-electron chi connectivity index (χ4n) is 1.34. The summed E-state index contributed by atoms with van der Waals surface area (Å²) < 4.78 is 24.0. The Morgan fingerprint density at radius 1 is 1.39 bits per heavy atom. The monoisotopic (exact) mass is 289 g/mol. The maximum absolute atomic E-state index is 11.1. The van der Waals surface area contributed by atoms with Crippen LogP contribution in [0.5, 0.6) is 0 Å². The molecule has 1 atom stereocenters. The summed E-state index contributed by atoms with van der Waals surface area (Å²) in [5.74, 6) is -0.524. The maximum atomic E-state index is 11.1. The third kappa shape index (κ3) is 5.52. The first-order chi connectivity index (χ1) is 8.40. The predicted octanol–water partition coefficient (Wildman–Crippen LogP) is 1.09. The molecular weight excluding hydrogens is 274 g/mol. The normalized spacial score (nSPS) is 13.2. The van der Waals surface area contributed by atoms with E-state index in [1.807, 2.05) is 6.07 Å². The molecule has 0 amide bonds. The first-order valence-corrected chi connectivity index (χ1v) is 8.18. The zero-order valence-electron chi connectivity index (χ0n) is 9.87. The van der Waals surface area contributed by atoms with Gasteiger partial charge in [0.25, 0.3) is 0 Å². The number of carboxylic acid groups (broad SMARTS) is 1. The van der Waals surface area contributed by atoms with Crippen molar-refractivity contribution >= 4 is 27.8 Å². The number of nitrogens with one attached hydrogen (secondary N) is 1. The zero-order valence-corrected chi connectivity index (χ0v) is 11.5. The van der Waals surface area contributed by atoms with E-state index in [-0.39, 0.29) is 6.54 Å². The SMILES string of the molecule is CS(=O)(=O)NCCSC(C(=O)O)c1ccccc1. The summed E-state index contributed by atoms with van der Waals surface area (Å²) in [5.41, 5.74) is 0.703. The lowest BCUT2D eigenvalue weighted by Crippen LogP contribution is -2.25. The predicted molar refractivity (Wildman–Crippen MR) is 72.1 cm³/mol. The van der Waals surface area contributed by atoms with E-state index in [0.29, 0.717) is 11.3 Å². The van der Waals surface area contributed by atoms with E-state index in [1.54, 1.807) is 24.3 Å². The fourth-order valence-corrected chi connectivity index (χ4v) is 2.89.